The van der Waals surface area contributed by atoms with Gasteiger partial charge in [0.25, 0.3) is 0 Å². The summed E-state index contributed by atoms with van der Waals surface area (Å²) in [6, 6.07) is 11.0. The van der Waals surface area contributed by atoms with Gasteiger partial charge < -0.3 is 24.1 Å². The number of hydrogen-bond donors (Lipinski definition) is 1. The average Bonchev–Trinajstić information content (AvgIpc) is 3.53. The van der Waals surface area contributed by atoms with E-state index < -0.39 is 0 Å². The summed E-state index contributed by atoms with van der Waals surface area (Å²) < 4.78 is 16.3. The Morgan fingerprint density at radius 1 is 1.06 bits per heavy atom. The first kappa shape index (κ1) is 24.3. The first-order valence-electron chi connectivity index (χ1n) is 11.2. The second-order valence-electron chi connectivity index (χ2n) is 7.62. The summed E-state index contributed by atoms with van der Waals surface area (Å²) in [5, 5.41) is 0.908. The molecule has 0 unspecified atom stereocenters. The van der Waals surface area contributed by atoms with E-state index in [0.717, 1.165) is 34.1 Å². The molecule has 0 saturated heterocycles. The Hall–Kier alpha value is -3.85. The van der Waals surface area contributed by atoms with Crippen LogP contribution < -0.4 is 19.1 Å². The third-order valence-electron chi connectivity index (χ3n) is 5.65. The van der Waals surface area contributed by atoms with E-state index in [0.29, 0.717) is 34.2 Å². The number of anilines is 1. The number of nitrogens with zero attached hydrogens (tertiary/aromatic N) is 3. The molecule has 0 aliphatic rings. The Balaban J connectivity index is 1.85. The highest BCUT2D eigenvalue weighted by atomic mass is 32.1. The number of carbonyl (C=O) groups excluding carboxylic acids is 1. The number of nitrogens with one attached hydrogen (secondary N) is 1. The SMILES string of the molecule is CCN(CC)c1ncc(/C=C(/C(=O)c2cc(OC)c(OC)c(OC)c2)c2nc3ccccc3[nH]2)s1. The van der Waals surface area contributed by atoms with Gasteiger partial charge in [-0.3, -0.25) is 4.79 Å². The molecule has 0 amide bonds. The van der Waals surface area contributed by atoms with E-state index in [1.165, 1.54) is 32.7 Å². The van der Waals surface area contributed by atoms with Crippen molar-refractivity contribution in [3.05, 3.63) is 58.9 Å². The van der Waals surface area contributed by atoms with Crippen molar-refractivity contribution >= 4 is 44.9 Å². The maximum absolute atomic E-state index is 13.9. The van der Waals surface area contributed by atoms with Crippen molar-refractivity contribution in [3.8, 4) is 17.2 Å². The van der Waals surface area contributed by atoms with Crippen molar-refractivity contribution in [2.75, 3.05) is 39.3 Å². The minimum atomic E-state index is -0.235. The van der Waals surface area contributed by atoms with Crippen molar-refractivity contribution in [2.24, 2.45) is 0 Å². The number of carbonyl (C=O) groups is 1. The van der Waals surface area contributed by atoms with Crippen molar-refractivity contribution < 1.29 is 19.0 Å². The molecule has 35 heavy (non-hydrogen) atoms. The van der Waals surface area contributed by atoms with Gasteiger partial charge in [-0.2, -0.15) is 0 Å². The van der Waals surface area contributed by atoms with Gasteiger partial charge in [-0.15, -0.1) is 0 Å². The van der Waals surface area contributed by atoms with Gasteiger partial charge in [0.2, 0.25) is 5.75 Å². The number of allylic oxidation sites excluding steroid dienone is 1. The van der Waals surface area contributed by atoms with Crippen LogP contribution in [0, 0.1) is 0 Å². The maximum Gasteiger partial charge on any atom is 0.203 e. The largest absolute Gasteiger partial charge is 0.493 e. The third-order valence-corrected chi connectivity index (χ3v) is 6.65. The molecule has 182 valence electrons. The van der Waals surface area contributed by atoms with Crippen LogP contribution in [0.15, 0.2) is 42.6 Å². The maximum atomic E-state index is 13.9. The number of H-pyrrole nitrogens is 1. The zero-order chi connectivity index (χ0) is 24.9. The molecule has 0 fully saturated rings. The highest BCUT2D eigenvalue weighted by Crippen LogP contribution is 2.39. The number of ketones is 1. The van der Waals surface area contributed by atoms with E-state index in [9.17, 15) is 4.79 Å². The van der Waals surface area contributed by atoms with Gasteiger partial charge in [0.15, 0.2) is 22.4 Å². The molecule has 2 heterocycles. The molecule has 2 aromatic heterocycles. The zero-order valence-electron chi connectivity index (χ0n) is 20.4. The lowest BCUT2D eigenvalue weighted by atomic mass is 10.0. The molecule has 0 radical (unpaired) electrons. The van der Waals surface area contributed by atoms with Crippen LogP contribution in [0.2, 0.25) is 0 Å². The van der Waals surface area contributed by atoms with Gasteiger partial charge in [0.1, 0.15) is 5.82 Å². The van der Waals surface area contributed by atoms with Gasteiger partial charge in [0.05, 0.1) is 37.9 Å². The van der Waals surface area contributed by atoms with E-state index in [2.05, 4.69) is 28.7 Å². The molecule has 9 heteroatoms. The third kappa shape index (κ3) is 4.85. The molecule has 0 atom stereocenters. The standard InChI is InChI=1S/C26H28N4O4S/c1-6-30(7-2)26-27-15-17(35-26)14-18(25-28-19-10-8-9-11-20(19)29-25)23(31)16-12-21(32-3)24(34-5)22(13-16)33-4/h8-15H,6-7H2,1-5H3,(H,28,29)/b18-14-. The van der Waals surface area contributed by atoms with E-state index in [1.54, 1.807) is 18.3 Å². The number of Topliss-reactive ketones (excluding diaryl/α,β-unsaturated/α-hetero) is 1. The summed E-state index contributed by atoms with van der Waals surface area (Å²) >= 11 is 1.53. The highest BCUT2D eigenvalue weighted by molar-refractivity contribution is 7.16. The highest BCUT2D eigenvalue weighted by Gasteiger charge is 2.23. The number of fused-ring (bicyclic) bond motifs is 1. The molecule has 2 aromatic carbocycles. The van der Waals surface area contributed by atoms with Crippen molar-refractivity contribution in [2.45, 2.75) is 13.8 Å². The molecule has 1 N–H and O–H groups in total. The molecule has 0 bridgehead atoms. The number of imidazole rings is 1. The van der Waals surface area contributed by atoms with E-state index in [4.69, 9.17) is 19.2 Å². The van der Waals surface area contributed by atoms with Gasteiger partial charge >= 0.3 is 0 Å². The van der Waals surface area contributed by atoms with Gasteiger partial charge in [0, 0.05) is 29.7 Å². The minimum absolute atomic E-state index is 0.235. The molecule has 0 aliphatic heterocycles. The molecule has 4 rings (SSSR count). The second-order valence-corrected chi connectivity index (χ2v) is 8.66. The van der Waals surface area contributed by atoms with Crippen molar-refractivity contribution in [1.82, 2.24) is 15.0 Å². The first-order chi connectivity index (χ1) is 17.0. The number of hydrogen-bond acceptors (Lipinski definition) is 8. The smallest absolute Gasteiger partial charge is 0.203 e. The number of aromatic nitrogens is 3. The van der Waals surface area contributed by atoms with E-state index in [1.807, 2.05) is 30.3 Å². The monoisotopic (exact) mass is 492 g/mol. The fourth-order valence-corrected chi connectivity index (χ4v) is 4.80. The summed E-state index contributed by atoms with van der Waals surface area (Å²) in [4.78, 5) is 29.5. The van der Waals surface area contributed by atoms with E-state index >= 15 is 0 Å². The lowest BCUT2D eigenvalue weighted by molar-refractivity contribution is 0.105. The average molecular weight is 493 g/mol. The molecular formula is C26H28N4O4S. The Morgan fingerprint density at radius 2 is 1.74 bits per heavy atom. The van der Waals surface area contributed by atoms with Crippen LogP contribution >= 0.6 is 11.3 Å². The van der Waals surface area contributed by atoms with Gasteiger partial charge in [-0.25, -0.2) is 9.97 Å². The Labute approximate surface area is 208 Å². The van der Waals surface area contributed by atoms with Crippen molar-refractivity contribution in [1.29, 1.82) is 0 Å². The van der Waals surface area contributed by atoms with Crippen LogP contribution in [0.25, 0.3) is 22.7 Å². The summed E-state index contributed by atoms with van der Waals surface area (Å²) in [7, 11) is 4.57. The number of aromatic amines is 1. The molecule has 8 nitrogen and oxygen atoms in total. The Morgan fingerprint density at radius 3 is 2.34 bits per heavy atom. The molecule has 0 aliphatic carbocycles. The predicted molar refractivity (Wildman–Crippen MR) is 140 cm³/mol. The first-order valence-corrected chi connectivity index (χ1v) is 12.1. The molecular weight excluding hydrogens is 464 g/mol. The Bertz CT molecular complexity index is 1310. The van der Waals surface area contributed by atoms with Crippen LogP contribution in [0.3, 0.4) is 0 Å². The minimum Gasteiger partial charge on any atom is -0.493 e. The number of thiazole rings is 1. The fraction of sp³-hybridized carbons (Fsp3) is 0.269. The van der Waals surface area contributed by atoms with Crippen LogP contribution in [0.5, 0.6) is 17.2 Å². The van der Waals surface area contributed by atoms with Crippen LogP contribution in [0.4, 0.5) is 5.13 Å². The number of ether oxygens (including phenoxy) is 3. The zero-order valence-corrected chi connectivity index (χ0v) is 21.2. The summed E-state index contributed by atoms with van der Waals surface area (Å²) in [6.07, 6.45) is 3.61. The second kappa shape index (κ2) is 10.6. The quantitative estimate of drug-likeness (QED) is 0.237. The fourth-order valence-electron chi connectivity index (χ4n) is 3.82. The normalized spacial score (nSPS) is 11.5. The van der Waals surface area contributed by atoms with Gasteiger partial charge in [-0.1, -0.05) is 23.5 Å². The van der Waals surface area contributed by atoms with Crippen LogP contribution in [0.1, 0.15) is 34.9 Å². The van der Waals surface area contributed by atoms with E-state index in [-0.39, 0.29) is 5.78 Å². The molecule has 0 spiro atoms. The lowest BCUT2D eigenvalue weighted by Crippen LogP contribution is -2.21. The number of benzene rings is 2. The summed E-state index contributed by atoms with van der Waals surface area (Å²) in [5.74, 6) is 1.47. The number of rotatable bonds is 10. The lowest BCUT2D eigenvalue weighted by Gasteiger charge is -2.16. The summed E-state index contributed by atoms with van der Waals surface area (Å²) in [5.41, 5.74) is 2.42. The number of methoxy groups -OCH3 is 3. The van der Waals surface area contributed by atoms with Crippen LogP contribution in [-0.4, -0.2) is 55.2 Å². The predicted octanol–water partition coefficient (Wildman–Crippen LogP) is 5.31. The number of para-hydroxylation sites is 2. The van der Waals surface area contributed by atoms with Gasteiger partial charge in [-0.05, 0) is 44.2 Å². The topological polar surface area (TPSA) is 89.6 Å². The van der Waals surface area contributed by atoms with Crippen molar-refractivity contribution in [3.63, 3.8) is 0 Å². The molecule has 4 aromatic rings. The Kier molecular flexibility index (Phi) is 7.36. The molecule has 0 saturated carbocycles. The van der Waals surface area contributed by atoms with Crippen LogP contribution in [-0.2, 0) is 0 Å². The summed E-state index contributed by atoms with van der Waals surface area (Å²) in [6.45, 7) is 5.89.